The van der Waals surface area contributed by atoms with Crippen molar-refractivity contribution < 1.29 is 19.0 Å². The van der Waals surface area contributed by atoms with Gasteiger partial charge in [0.05, 0.1) is 24.3 Å². The Kier molecular flexibility index (Phi) is 7.77. The Hall–Kier alpha value is -3.42. The van der Waals surface area contributed by atoms with E-state index in [1.54, 1.807) is 13.2 Å². The highest BCUT2D eigenvalue weighted by molar-refractivity contribution is 8.18. The fourth-order valence-electron chi connectivity index (χ4n) is 3.20. The molecule has 1 heterocycles. The molecule has 0 unspecified atom stereocenters. The first kappa shape index (κ1) is 23.7. The van der Waals surface area contributed by atoms with Crippen LogP contribution in [0.15, 0.2) is 76.6 Å². The van der Waals surface area contributed by atoms with E-state index in [-0.39, 0.29) is 5.91 Å². The summed E-state index contributed by atoms with van der Waals surface area (Å²) in [5, 5.41) is 3.97. The van der Waals surface area contributed by atoms with Crippen molar-refractivity contribution in [2.24, 2.45) is 4.99 Å². The monoisotopic (exact) mass is 494 g/mol. The van der Waals surface area contributed by atoms with Gasteiger partial charge in [0.1, 0.15) is 12.4 Å². The fourth-order valence-corrected chi connectivity index (χ4v) is 4.23. The van der Waals surface area contributed by atoms with Gasteiger partial charge in [0.15, 0.2) is 16.7 Å². The van der Waals surface area contributed by atoms with Gasteiger partial charge in [0.2, 0.25) is 0 Å². The zero-order valence-corrected chi connectivity index (χ0v) is 20.3. The molecule has 1 aliphatic rings. The van der Waals surface area contributed by atoms with E-state index in [1.165, 1.54) is 11.8 Å². The number of aliphatic imine (C=N–C) groups is 1. The van der Waals surface area contributed by atoms with Crippen LogP contribution >= 0.6 is 23.4 Å². The second-order valence-corrected chi connectivity index (χ2v) is 8.64. The summed E-state index contributed by atoms with van der Waals surface area (Å²) in [5.41, 5.74) is 2.42. The lowest BCUT2D eigenvalue weighted by Gasteiger charge is -2.12. The lowest BCUT2D eigenvalue weighted by molar-refractivity contribution is -0.115. The molecule has 3 aromatic rings. The molecule has 3 aromatic carbocycles. The molecule has 8 heteroatoms. The van der Waals surface area contributed by atoms with E-state index in [4.69, 9.17) is 25.8 Å². The molecule has 4 rings (SSSR count). The maximum Gasteiger partial charge on any atom is 0.264 e. The van der Waals surface area contributed by atoms with Gasteiger partial charge in [0, 0.05) is 10.6 Å². The molecule has 174 valence electrons. The summed E-state index contributed by atoms with van der Waals surface area (Å²) in [6.07, 6.45) is 1.79. The Balaban J connectivity index is 1.46. The number of nitrogens with zero attached hydrogens (tertiary/aromatic N) is 1. The van der Waals surface area contributed by atoms with Crippen molar-refractivity contribution in [3.05, 3.63) is 87.8 Å². The minimum Gasteiger partial charge on any atom is -0.494 e. The van der Waals surface area contributed by atoms with Gasteiger partial charge in [-0.15, -0.1) is 0 Å². The van der Waals surface area contributed by atoms with E-state index in [0.29, 0.717) is 39.8 Å². The lowest BCUT2D eigenvalue weighted by atomic mass is 10.2. The average molecular weight is 495 g/mol. The molecule has 0 aliphatic carbocycles. The van der Waals surface area contributed by atoms with Crippen molar-refractivity contribution in [3.63, 3.8) is 0 Å². The molecule has 0 atom stereocenters. The molecule has 0 saturated carbocycles. The van der Waals surface area contributed by atoms with Crippen LogP contribution in [0, 0.1) is 0 Å². The molecule has 1 aliphatic heterocycles. The Morgan fingerprint density at radius 3 is 2.56 bits per heavy atom. The van der Waals surface area contributed by atoms with Gasteiger partial charge in [-0.05, 0) is 72.8 Å². The van der Waals surface area contributed by atoms with Crippen LogP contribution in [0.25, 0.3) is 6.08 Å². The van der Waals surface area contributed by atoms with Gasteiger partial charge in [-0.25, -0.2) is 4.99 Å². The number of benzene rings is 3. The lowest BCUT2D eigenvalue weighted by Crippen LogP contribution is -2.19. The van der Waals surface area contributed by atoms with Crippen LogP contribution in [0.3, 0.4) is 0 Å². The van der Waals surface area contributed by atoms with Crippen LogP contribution in [0.5, 0.6) is 17.2 Å². The molecule has 1 fully saturated rings. The number of hydrogen-bond donors (Lipinski definition) is 1. The molecule has 1 saturated heterocycles. The number of rotatable bonds is 8. The summed E-state index contributed by atoms with van der Waals surface area (Å²) < 4.78 is 16.8. The number of carbonyl (C=O) groups is 1. The van der Waals surface area contributed by atoms with Crippen LogP contribution in [-0.2, 0) is 11.4 Å². The highest BCUT2D eigenvalue weighted by Crippen LogP contribution is 2.33. The smallest absolute Gasteiger partial charge is 0.264 e. The molecule has 1 amide bonds. The van der Waals surface area contributed by atoms with E-state index in [9.17, 15) is 4.79 Å². The first-order valence-electron chi connectivity index (χ1n) is 10.6. The highest BCUT2D eigenvalue weighted by Gasteiger charge is 2.24. The normalized spacial score (nSPS) is 15.4. The second-order valence-electron chi connectivity index (χ2n) is 7.20. The first-order valence-corrected chi connectivity index (χ1v) is 11.8. The molecule has 0 aromatic heterocycles. The van der Waals surface area contributed by atoms with Gasteiger partial charge < -0.3 is 19.5 Å². The molecule has 0 bridgehead atoms. The standard InChI is InChI=1S/C26H23ClN2O4S/c1-3-32-20-11-9-19(10-12-20)28-26-29-25(30)24(34-26)15-17-8-13-22(23(14-17)31-2)33-16-18-6-4-5-7-21(18)27/h4-15H,3,16H2,1-2H3,(H,28,29,30)/b24-15-. The Morgan fingerprint density at radius 2 is 1.82 bits per heavy atom. The van der Waals surface area contributed by atoms with Gasteiger partial charge in [-0.1, -0.05) is 35.9 Å². The zero-order chi connectivity index (χ0) is 23.9. The Labute approximate surface area is 207 Å². The quantitative estimate of drug-likeness (QED) is 0.376. The third-order valence-electron chi connectivity index (χ3n) is 4.86. The summed E-state index contributed by atoms with van der Waals surface area (Å²) in [6.45, 7) is 2.86. The molecule has 6 nitrogen and oxygen atoms in total. The summed E-state index contributed by atoms with van der Waals surface area (Å²) in [7, 11) is 1.58. The number of amidine groups is 1. The minimum absolute atomic E-state index is 0.201. The second kappa shape index (κ2) is 11.1. The van der Waals surface area contributed by atoms with Crippen molar-refractivity contribution >= 4 is 46.2 Å². The Bertz CT molecular complexity index is 1240. The van der Waals surface area contributed by atoms with E-state index in [2.05, 4.69) is 10.3 Å². The van der Waals surface area contributed by atoms with E-state index >= 15 is 0 Å². The maximum atomic E-state index is 12.5. The summed E-state index contributed by atoms with van der Waals surface area (Å²) in [4.78, 5) is 17.5. The van der Waals surface area contributed by atoms with Crippen LogP contribution in [0.2, 0.25) is 5.02 Å². The molecule has 1 N–H and O–H groups in total. The average Bonchev–Trinajstić information content (AvgIpc) is 3.18. The largest absolute Gasteiger partial charge is 0.494 e. The topological polar surface area (TPSA) is 69.2 Å². The van der Waals surface area contributed by atoms with Crippen molar-refractivity contribution in [1.82, 2.24) is 5.32 Å². The molecule has 34 heavy (non-hydrogen) atoms. The number of hydrogen-bond acceptors (Lipinski definition) is 6. The zero-order valence-electron chi connectivity index (χ0n) is 18.7. The van der Waals surface area contributed by atoms with Gasteiger partial charge in [-0.2, -0.15) is 0 Å². The van der Waals surface area contributed by atoms with Crippen LogP contribution < -0.4 is 19.5 Å². The van der Waals surface area contributed by atoms with Crippen molar-refractivity contribution in [3.8, 4) is 17.2 Å². The van der Waals surface area contributed by atoms with E-state index < -0.39 is 0 Å². The number of methoxy groups -OCH3 is 1. The number of amides is 1. The van der Waals surface area contributed by atoms with Crippen LogP contribution in [-0.4, -0.2) is 24.8 Å². The predicted molar refractivity (Wildman–Crippen MR) is 137 cm³/mol. The van der Waals surface area contributed by atoms with E-state index in [1.807, 2.05) is 73.7 Å². The SMILES string of the molecule is CCOc1ccc(N=C2NC(=O)/C(=C/c3ccc(OCc4ccccc4Cl)c(OC)c3)S2)cc1. The molecule has 0 radical (unpaired) electrons. The number of halogens is 1. The summed E-state index contributed by atoms with van der Waals surface area (Å²) in [5.74, 6) is 1.73. The maximum absolute atomic E-state index is 12.5. The number of ether oxygens (including phenoxy) is 3. The molecular formula is C26H23ClN2O4S. The molecule has 0 spiro atoms. The third kappa shape index (κ3) is 5.92. The van der Waals surface area contributed by atoms with Crippen molar-refractivity contribution in [2.75, 3.05) is 13.7 Å². The minimum atomic E-state index is -0.201. The van der Waals surface area contributed by atoms with Gasteiger partial charge in [0.25, 0.3) is 5.91 Å². The number of carbonyl (C=O) groups excluding carboxylic acids is 1. The van der Waals surface area contributed by atoms with Crippen molar-refractivity contribution in [2.45, 2.75) is 13.5 Å². The first-order chi connectivity index (χ1) is 16.6. The summed E-state index contributed by atoms with van der Waals surface area (Å²) in [6, 6.07) is 20.4. The summed E-state index contributed by atoms with van der Waals surface area (Å²) >= 11 is 7.49. The van der Waals surface area contributed by atoms with Crippen LogP contribution in [0.1, 0.15) is 18.1 Å². The predicted octanol–water partition coefficient (Wildman–Crippen LogP) is 6.22. The van der Waals surface area contributed by atoms with Crippen LogP contribution in [0.4, 0.5) is 5.69 Å². The fraction of sp³-hybridized carbons (Fsp3) is 0.154. The highest BCUT2D eigenvalue weighted by atomic mass is 35.5. The third-order valence-corrected chi connectivity index (χ3v) is 6.13. The van der Waals surface area contributed by atoms with E-state index in [0.717, 1.165) is 22.6 Å². The number of nitrogens with one attached hydrogen (secondary N) is 1. The number of thioether (sulfide) groups is 1. The Morgan fingerprint density at radius 1 is 1.03 bits per heavy atom. The molecular weight excluding hydrogens is 472 g/mol. The van der Waals surface area contributed by atoms with Gasteiger partial charge >= 0.3 is 0 Å². The van der Waals surface area contributed by atoms with Gasteiger partial charge in [-0.3, -0.25) is 4.79 Å². The van der Waals surface area contributed by atoms with Crippen molar-refractivity contribution in [1.29, 1.82) is 0 Å².